The Bertz CT molecular complexity index is 384. The number of likely N-dealkylation sites (N-methyl/N-ethyl adjacent to an activating group) is 1. The van der Waals surface area contributed by atoms with E-state index in [0.29, 0.717) is 16.9 Å². The second-order valence-electron chi connectivity index (χ2n) is 4.44. The van der Waals surface area contributed by atoms with Crippen molar-refractivity contribution in [3.8, 4) is 0 Å². The van der Waals surface area contributed by atoms with Gasteiger partial charge in [0.15, 0.2) is 5.82 Å². The third-order valence-electron chi connectivity index (χ3n) is 3.19. The van der Waals surface area contributed by atoms with E-state index < -0.39 is 0 Å². The Balaban J connectivity index is 1.94. The number of hydrogen-bond acceptors (Lipinski definition) is 5. The molecule has 1 aliphatic heterocycles. The van der Waals surface area contributed by atoms with Gasteiger partial charge in [-0.3, -0.25) is 0 Å². The van der Waals surface area contributed by atoms with E-state index in [1.54, 1.807) is 0 Å². The third-order valence-corrected chi connectivity index (χ3v) is 3.47. The minimum absolute atomic E-state index is 0.244. The first-order valence-electron chi connectivity index (χ1n) is 5.89. The van der Waals surface area contributed by atoms with Crippen molar-refractivity contribution in [2.24, 2.45) is 0 Å². The van der Waals surface area contributed by atoms with Crippen LogP contribution in [0.3, 0.4) is 0 Å². The summed E-state index contributed by atoms with van der Waals surface area (Å²) < 4.78 is 0. The Morgan fingerprint density at radius 2 is 2.41 bits per heavy atom. The summed E-state index contributed by atoms with van der Waals surface area (Å²) in [5, 5.41) is 3.76. The maximum absolute atomic E-state index is 5.99. The highest BCUT2D eigenvalue weighted by atomic mass is 35.5. The Kier molecular flexibility index (Phi) is 4.02. The molecule has 0 aliphatic carbocycles. The summed E-state index contributed by atoms with van der Waals surface area (Å²) in [6.07, 6.45) is 5.31. The predicted molar refractivity (Wildman–Crippen MR) is 70.2 cm³/mol. The van der Waals surface area contributed by atoms with Gasteiger partial charge < -0.3 is 16.0 Å². The normalized spacial score (nSPS) is 21.4. The zero-order chi connectivity index (χ0) is 12.3. The minimum atomic E-state index is 0.244. The molecule has 0 saturated carbocycles. The van der Waals surface area contributed by atoms with Gasteiger partial charge in [0.2, 0.25) is 5.95 Å². The minimum Gasteiger partial charge on any atom is -0.368 e. The van der Waals surface area contributed by atoms with E-state index in [0.717, 1.165) is 13.1 Å². The summed E-state index contributed by atoms with van der Waals surface area (Å²) in [5.74, 6) is 0.868. The number of piperidine rings is 1. The summed E-state index contributed by atoms with van der Waals surface area (Å²) in [4.78, 5) is 10.3. The van der Waals surface area contributed by atoms with Crippen molar-refractivity contribution in [2.75, 3.05) is 31.2 Å². The molecule has 0 spiro atoms. The van der Waals surface area contributed by atoms with Crippen LogP contribution < -0.4 is 11.1 Å². The molecule has 0 aromatic carbocycles. The molecule has 5 nitrogen and oxygen atoms in total. The highest BCUT2D eigenvalue weighted by Crippen LogP contribution is 2.20. The lowest BCUT2D eigenvalue weighted by Gasteiger charge is -2.32. The van der Waals surface area contributed by atoms with E-state index >= 15 is 0 Å². The van der Waals surface area contributed by atoms with Crippen molar-refractivity contribution < 1.29 is 0 Å². The Morgan fingerprint density at radius 3 is 3.18 bits per heavy atom. The van der Waals surface area contributed by atoms with E-state index in [4.69, 9.17) is 17.3 Å². The van der Waals surface area contributed by atoms with Crippen LogP contribution in [-0.4, -0.2) is 41.0 Å². The van der Waals surface area contributed by atoms with E-state index in [9.17, 15) is 0 Å². The largest absolute Gasteiger partial charge is 0.368 e. The third kappa shape index (κ3) is 3.20. The smallest absolute Gasteiger partial charge is 0.222 e. The second-order valence-corrected chi connectivity index (χ2v) is 4.84. The van der Waals surface area contributed by atoms with Gasteiger partial charge in [-0.25, -0.2) is 4.98 Å². The number of aromatic nitrogens is 2. The monoisotopic (exact) mass is 255 g/mol. The lowest BCUT2D eigenvalue weighted by Crippen LogP contribution is -2.40. The van der Waals surface area contributed by atoms with Crippen LogP contribution >= 0.6 is 11.6 Å². The van der Waals surface area contributed by atoms with Crippen molar-refractivity contribution in [2.45, 2.75) is 25.3 Å². The first-order chi connectivity index (χ1) is 8.16. The second kappa shape index (κ2) is 5.51. The molecule has 2 rings (SSSR count). The molecular formula is C11H18ClN5. The van der Waals surface area contributed by atoms with E-state index in [-0.39, 0.29) is 5.95 Å². The van der Waals surface area contributed by atoms with Gasteiger partial charge in [0.05, 0.1) is 6.20 Å². The average Bonchev–Trinajstić information content (AvgIpc) is 2.32. The number of nitrogen functional groups attached to an aromatic ring is 1. The SMILES string of the molecule is CN1CCCCC1CNc1nc(N)ncc1Cl. The van der Waals surface area contributed by atoms with Crippen LogP contribution in [-0.2, 0) is 0 Å². The maximum atomic E-state index is 5.99. The van der Waals surface area contributed by atoms with Gasteiger partial charge in [-0.15, -0.1) is 0 Å². The fourth-order valence-electron chi connectivity index (χ4n) is 2.12. The first kappa shape index (κ1) is 12.4. The molecule has 0 bridgehead atoms. The topological polar surface area (TPSA) is 67.1 Å². The lowest BCUT2D eigenvalue weighted by molar-refractivity contribution is 0.194. The zero-order valence-corrected chi connectivity index (χ0v) is 10.7. The number of nitrogens with zero attached hydrogens (tertiary/aromatic N) is 3. The van der Waals surface area contributed by atoms with Crippen LogP contribution in [0.15, 0.2) is 6.20 Å². The van der Waals surface area contributed by atoms with Crippen LogP contribution in [0.1, 0.15) is 19.3 Å². The fraction of sp³-hybridized carbons (Fsp3) is 0.636. The summed E-state index contributed by atoms with van der Waals surface area (Å²) in [6.45, 7) is 2.00. The van der Waals surface area contributed by atoms with Crippen LogP contribution in [0.4, 0.5) is 11.8 Å². The first-order valence-corrected chi connectivity index (χ1v) is 6.27. The molecule has 1 unspecified atom stereocenters. The van der Waals surface area contributed by atoms with Gasteiger partial charge in [-0.2, -0.15) is 4.98 Å². The predicted octanol–water partition coefficient (Wildman–Crippen LogP) is 1.61. The van der Waals surface area contributed by atoms with Crippen LogP contribution in [0.25, 0.3) is 0 Å². The molecule has 94 valence electrons. The molecule has 1 fully saturated rings. The molecule has 1 atom stereocenters. The number of rotatable bonds is 3. The van der Waals surface area contributed by atoms with Crippen molar-refractivity contribution in [3.63, 3.8) is 0 Å². The summed E-state index contributed by atoms with van der Waals surface area (Å²) in [6, 6.07) is 0.538. The summed E-state index contributed by atoms with van der Waals surface area (Å²) in [7, 11) is 2.15. The standard InChI is InChI=1S/C11H18ClN5/c1-17-5-3-2-4-8(17)6-14-10-9(12)7-15-11(13)16-10/h7-8H,2-6H2,1H3,(H3,13,14,15,16). The molecule has 1 aromatic heterocycles. The highest BCUT2D eigenvalue weighted by Gasteiger charge is 2.18. The van der Waals surface area contributed by atoms with Gasteiger partial charge in [-0.1, -0.05) is 18.0 Å². The van der Waals surface area contributed by atoms with Crippen molar-refractivity contribution in [3.05, 3.63) is 11.2 Å². The number of anilines is 2. The van der Waals surface area contributed by atoms with Crippen molar-refractivity contribution >= 4 is 23.4 Å². The molecule has 6 heteroatoms. The fourth-order valence-corrected chi connectivity index (χ4v) is 2.28. The lowest BCUT2D eigenvalue weighted by atomic mass is 10.0. The molecule has 1 saturated heterocycles. The summed E-state index contributed by atoms with van der Waals surface area (Å²) >= 11 is 5.99. The number of nitrogens with two attached hydrogens (primary N) is 1. The van der Waals surface area contributed by atoms with Gasteiger partial charge >= 0.3 is 0 Å². The van der Waals surface area contributed by atoms with Gasteiger partial charge in [-0.05, 0) is 26.4 Å². The number of likely N-dealkylation sites (tertiary alicyclic amines) is 1. The molecule has 1 aliphatic rings. The van der Waals surface area contributed by atoms with Gasteiger partial charge in [0, 0.05) is 12.6 Å². The number of halogens is 1. The van der Waals surface area contributed by atoms with Crippen molar-refractivity contribution in [1.82, 2.24) is 14.9 Å². The van der Waals surface area contributed by atoms with Crippen LogP contribution in [0, 0.1) is 0 Å². The quantitative estimate of drug-likeness (QED) is 0.859. The Morgan fingerprint density at radius 1 is 1.59 bits per heavy atom. The number of hydrogen-bond donors (Lipinski definition) is 2. The molecule has 2 heterocycles. The average molecular weight is 256 g/mol. The summed E-state index contributed by atoms with van der Waals surface area (Å²) in [5.41, 5.74) is 5.53. The Labute approximate surface area is 106 Å². The molecule has 0 radical (unpaired) electrons. The number of nitrogens with one attached hydrogen (secondary N) is 1. The highest BCUT2D eigenvalue weighted by molar-refractivity contribution is 6.32. The van der Waals surface area contributed by atoms with Crippen LogP contribution in [0.2, 0.25) is 5.02 Å². The van der Waals surface area contributed by atoms with Crippen LogP contribution in [0.5, 0.6) is 0 Å². The van der Waals surface area contributed by atoms with Gasteiger partial charge in [0.1, 0.15) is 5.02 Å². The van der Waals surface area contributed by atoms with E-state index in [1.165, 1.54) is 25.5 Å². The maximum Gasteiger partial charge on any atom is 0.222 e. The molecule has 1 aromatic rings. The molecule has 3 N–H and O–H groups in total. The van der Waals surface area contributed by atoms with Gasteiger partial charge in [0.25, 0.3) is 0 Å². The van der Waals surface area contributed by atoms with Crippen molar-refractivity contribution in [1.29, 1.82) is 0 Å². The van der Waals surface area contributed by atoms with E-state index in [2.05, 4.69) is 27.2 Å². The zero-order valence-electron chi connectivity index (χ0n) is 9.99. The molecule has 0 amide bonds. The molecule has 17 heavy (non-hydrogen) atoms. The molecular weight excluding hydrogens is 238 g/mol. The van der Waals surface area contributed by atoms with E-state index in [1.807, 2.05) is 0 Å². The Hall–Kier alpha value is -1.07.